The number of hydrogen-bond donors (Lipinski definition) is 1. The first-order chi connectivity index (χ1) is 12.8. The van der Waals surface area contributed by atoms with Crippen molar-refractivity contribution >= 4 is 39.4 Å². The van der Waals surface area contributed by atoms with Crippen LogP contribution in [0.4, 0.5) is 10.8 Å². The lowest BCUT2D eigenvalue weighted by Crippen LogP contribution is -2.28. The number of hydrogen-bond acceptors (Lipinski definition) is 5. The minimum absolute atomic E-state index is 0.861. The molecule has 0 saturated carbocycles. The van der Waals surface area contributed by atoms with E-state index >= 15 is 0 Å². The zero-order chi connectivity index (χ0) is 17.1. The molecule has 0 aromatic carbocycles. The summed E-state index contributed by atoms with van der Waals surface area (Å²) in [7, 11) is 0. The van der Waals surface area contributed by atoms with Gasteiger partial charge in [-0.2, -0.15) is 0 Å². The molecular weight excluding hydrogens is 342 g/mol. The highest BCUT2D eigenvalue weighted by Gasteiger charge is 2.24. The molecule has 6 heterocycles. The van der Waals surface area contributed by atoms with Gasteiger partial charge in [0.05, 0.1) is 13.1 Å². The van der Waals surface area contributed by atoms with Gasteiger partial charge in [-0.25, -0.2) is 9.98 Å². The quantitative estimate of drug-likeness (QED) is 0.819. The third-order valence-corrected chi connectivity index (χ3v) is 6.05. The number of nitrogens with one attached hydrogen (secondary N) is 1. The molecule has 4 aliphatic heterocycles. The van der Waals surface area contributed by atoms with E-state index in [-0.39, 0.29) is 0 Å². The Bertz CT molecular complexity index is 1110. The first-order valence-electron chi connectivity index (χ1n) is 8.58. The molecule has 0 bridgehead atoms. The van der Waals surface area contributed by atoms with Crippen molar-refractivity contribution in [2.24, 2.45) is 9.98 Å². The lowest BCUT2D eigenvalue weighted by Gasteiger charge is -2.27. The number of thiophene rings is 1. The zero-order valence-electron chi connectivity index (χ0n) is 13.9. The number of aromatic amines is 1. The van der Waals surface area contributed by atoms with Crippen LogP contribution < -0.4 is 0 Å². The van der Waals surface area contributed by atoms with Gasteiger partial charge in [-0.3, -0.25) is 0 Å². The minimum Gasteiger partial charge on any atom is -0.346 e. The number of aliphatic imine (C=N–C) groups is 2. The molecule has 0 unspecified atom stereocenters. The van der Waals surface area contributed by atoms with E-state index in [2.05, 4.69) is 57.5 Å². The van der Waals surface area contributed by atoms with Crippen LogP contribution in [-0.2, 0) is 13.1 Å². The van der Waals surface area contributed by atoms with Gasteiger partial charge in [0.1, 0.15) is 22.5 Å². The monoisotopic (exact) mass is 357 g/mol. The lowest BCUT2D eigenvalue weighted by atomic mass is 10.1. The molecule has 0 aliphatic carbocycles. The molecule has 2 aromatic rings. The number of H-pyrrole nitrogens is 1. The van der Waals surface area contributed by atoms with Gasteiger partial charge in [-0.05, 0) is 42.0 Å². The van der Waals surface area contributed by atoms with Crippen LogP contribution >= 0.6 is 11.3 Å². The fraction of sp³-hybridized carbons (Fsp3) is 0.100. The van der Waals surface area contributed by atoms with E-state index in [9.17, 15) is 0 Å². The van der Waals surface area contributed by atoms with Crippen LogP contribution in [0.1, 0.15) is 16.0 Å². The summed E-state index contributed by atoms with van der Waals surface area (Å²) in [6.07, 6.45) is 16.6. The molecule has 6 heteroatoms. The molecule has 4 aliphatic rings. The Kier molecular flexibility index (Phi) is 2.81. The fourth-order valence-corrected chi connectivity index (χ4v) is 4.63. The largest absolute Gasteiger partial charge is 0.346 e. The molecular formula is C20H15N5S. The normalized spacial score (nSPS) is 19.3. The Morgan fingerprint density at radius 1 is 0.962 bits per heavy atom. The predicted molar refractivity (Wildman–Crippen MR) is 106 cm³/mol. The Labute approximate surface area is 154 Å². The maximum absolute atomic E-state index is 4.81. The summed E-state index contributed by atoms with van der Waals surface area (Å²) in [6.45, 7) is 1.74. The van der Waals surface area contributed by atoms with Crippen molar-refractivity contribution in [1.29, 1.82) is 0 Å². The molecule has 1 N–H and O–H groups in total. The maximum atomic E-state index is 4.81. The summed E-state index contributed by atoms with van der Waals surface area (Å²) in [5, 5.41) is 1.11. The molecule has 26 heavy (non-hydrogen) atoms. The van der Waals surface area contributed by atoms with Crippen LogP contribution in [0.15, 0.2) is 71.1 Å². The SMILES string of the molecule is C1=CC2=Nc3sc(C4=CC5=Nc6[nH]ccc6CN5C=C4)cc3CN2C=C1. The Balaban J connectivity index is 1.38. The highest BCUT2D eigenvalue weighted by atomic mass is 32.1. The number of aromatic nitrogens is 1. The Morgan fingerprint density at radius 3 is 2.88 bits per heavy atom. The third kappa shape index (κ3) is 2.09. The number of rotatable bonds is 1. The summed E-state index contributed by atoms with van der Waals surface area (Å²) < 4.78 is 0. The highest BCUT2D eigenvalue weighted by molar-refractivity contribution is 7.17. The average Bonchev–Trinajstić information content (AvgIpc) is 3.29. The molecule has 5 nitrogen and oxygen atoms in total. The highest BCUT2D eigenvalue weighted by Crippen LogP contribution is 2.40. The summed E-state index contributed by atoms with van der Waals surface area (Å²) in [5.74, 6) is 2.97. The van der Waals surface area contributed by atoms with E-state index in [0.29, 0.717) is 0 Å². The molecule has 0 atom stereocenters. The van der Waals surface area contributed by atoms with Gasteiger partial charge >= 0.3 is 0 Å². The van der Waals surface area contributed by atoms with Gasteiger partial charge in [0.2, 0.25) is 0 Å². The molecule has 0 fully saturated rings. The van der Waals surface area contributed by atoms with Gasteiger partial charge in [0.25, 0.3) is 0 Å². The van der Waals surface area contributed by atoms with E-state index < -0.39 is 0 Å². The minimum atomic E-state index is 0.861. The molecule has 0 amide bonds. The second-order valence-electron chi connectivity index (χ2n) is 6.60. The van der Waals surface area contributed by atoms with Crippen molar-refractivity contribution in [2.75, 3.05) is 0 Å². The van der Waals surface area contributed by atoms with Crippen molar-refractivity contribution in [1.82, 2.24) is 14.8 Å². The van der Waals surface area contributed by atoms with Gasteiger partial charge in [0.15, 0.2) is 0 Å². The summed E-state index contributed by atoms with van der Waals surface area (Å²) in [5.41, 5.74) is 3.71. The van der Waals surface area contributed by atoms with Crippen LogP contribution in [0, 0.1) is 0 Å². The van der Waals surface area contributed by atoms with E-state index in [0.717, 1.165) is 35.6 Å². The average molecular weight is 357 g/mol. The van der Waals surface area contributed by atoms with Crippen LogP contribution in [0.5, 0.6) is 0 Å². The van der Waals surface area contributed by atoms with Crippen LogP contribution in [0.3, 0.4) is 0 Å². The van der Waals surface area contributed by atoms with Gasteiger partial charge in [-0.15, -0.1) is 11.3 Å². The van der Waals surface area contributed by atoms with Crippen molar-refractivity contribution in [3.63, 3.8) is 0 Å². The summed E-state index contributed by atoms with van der Waals surface area (Å²) in [6, 6.07) is 4.36. The Morgan fingerprint density at radius 2 is 1.88 bits per heavy atom. The van der Waals surface area contributed by atoms with E-state index in [1.807, 2.05) is 18.3 Å². The smallest absolute Gasteiger partial charge is 0.137 e. The first kappa shape index (κ1) is 14.1. The van der Waals surface area contributed by atoms with E-state index in [1.54, 1.807) is 11.3 Å². The van der Waals surface area contributed by atoms with Crippen LogP contribution in [0.25, 0.3) is 5.57 Å². The fourth-order valence-electron chi connectivity index (χ4n) is 3.58. The number of amidine groups is 2. The molecule has 6 rings (SSSR count). The van der Waals surface area contributed by atoms with Crippen molar-refractivity contribution in [2.45, 2.75) is 13.1 Å². The molecule has 0 saturated heterocycles. The van der Waals surface area contributed by atoms with E-state index in [4.69, 9.17) is 9.98 Å². The molecule has 126 valence electrons. The maximum Gasteiger partial charge on any atom is 0.137 e. The lowest BCUT2D eigenvalue weighted by molar-refractivity contribution is 0.545. The van der Waals surface area contributed by atoms with Crippen LogP contribution in [-0.4, -0.2) is 26.5 Å². The second-order valence-corrected chi connectivity index (χ2v) is 7.64. The predicted octanol–water partition coefficient (Wildman–Crippen LogP) is 4.46. The molecule has 2 aromatic heterocycles. The molecule has 0 spiro atoms. The first-order valence-corrected chi connectivity index (χ1v) is 9.40. The number of fused-ring (bicyclic) bond motifs is 4. The third-order valence-electron chi connectivity index (χ3n) is 4.93. The summed E-state index contributed by atoms with van der Waals surface area (Å²) >= 11 is 1.75. The van der Waals surface area contributed by atoms with Crippen molar-refractivity contribution in [3.05, 3.63) is 77.1 Å². The topological polar surface area (TPSA) is 47.0 Å². The Hall–Kier alpha value is -3.12. The number of nitrogens with zero attached hydrogens (tertiary/aromatic N) is 4. The van der Waals surface area contributed by atoms with Crippen molar-refractivity contribution < 1.29 is 0 Å². The molecule has 0 radical (unpaired) electrons. The standard InChI is InChI=1S/C20H15N5S/c1-2-7-24-12-15-9-16(26-20(15)23-17(24)3-1)13-5-8-25-11-14-4-6-21-19(14)22-18(25)10-13/h1-10,21H,11-12H2. The van der Waals surface area contributed by atoms with Crippen molar-refractivity contribution in [3.8, 4) is 0 Å². The number of allylic oxidation sites excluding steroid dienone is 4. The zero-order valence-corrected chi connectivity index (χ0v) is 14.7. The van der Waals surface area contributed by atoms with Crippen LogP contribution in [0.2, 0.25) is 0 Å². The van der Waals surface area contributed by atoms with Gasteiger partial charge in [-0.1, -0.05) is 6.08 Å². The van der Waals surface area contributed by atoms with Gasteiger partial charge in [0, 0.05) is 34.6 Å². The summed E-state index contributed by atoms with van der Waals surface area (Å²) in [4.78, 5) is 18.4. The second kappa shape index (κ2) is 5.19. The van der Waals surface area contributed by atoms with Gasteiger partial charge < -0.3 is 14.8 Å². The van der Waals surface area contributed by atoms with E-state index in [1.165, 1.54) is 21.6 Å².